The Kier molecular flexibility index (Phi) is 20.5. The molecule has 0 aliphatic carbocycles. The Morgan fingerprint density at radius 2 is 1.66 bits per heavy atom. The third kappa shape index (κ3) is 17.8. The van der Waals surface area contributed by atoms with Gasteiger partial charge < -0.3 is 50.5 Å². The number of anilines is 1. The summed E-state index contributed by atoms with van der Waals surface area (Å²) in [6, 6.07) is 5.40. The zero-order valence-corrected chi connectivity index (χ0v) is 37.6. The summed E-state index contributed by atoms with van der Waals surface area (Å²) in [6.45, 7) is 14.8. The van der Waals surface area contributed by atoms with Crippen molar-refractivity contribution in [3.8, 4) is 0 Å². The van der Waals surface area contributed by atoms with Crippen LogP contribution in [-0.4, -0.2) is 109 Å². The monoisotopic (exact) mass is 868 g/mol. The Hall–Kier alpha value is -4.90. The third-order valence-electron chi connectivity index (χ3n) is 11.0. The van der Waals surface area contributed by atoms with Crippen LogP contribution in [0, 0.1) is 11.8 Å². The molecule has 4 rings (SSSR count). The van der Waals surface area contributed by atoms with Crippen LogP contribution in [0.4, 0.5) is 5.69 Å². The van der Waals surface area contributed by atoms with Crippen LogP contribution >= 0.6 is 0 Å². The number of amides is 3. The summed E-state index contributed by atoms with van der Waals surface area (Å²) in [7, 11) is 1.38. The molecule has 6 N–H and O–H groups in total. The number of carboxylic acids is 1. The first kappa shape index (κ1) is 51.5. The molecule has 10 atom stereocenters. The van der Waals surface area contributed by atoms with Crippen molar-refractivity contribution >= 4 is 41.3 Å². The molecule has 344 valence electrons. The lowest BCUT2D eigenvalue weighted by Gasteiger charge is -2.39. The minimum absolute atomic E-state index is 0.00604. The Labute approximate surface area is 365 Å². The van der Waals surface area contributed by atoms with Gasteiger partial charge in [-0.1, -0.05) is 62.8 Å². The maximum absolute atomic E-state index is 12.9. The molecule has 3 aliphatic heterocycles. The highest BCUT2D eigenvalue weighted by Crippen LogP contribution is 2.43. The molecule has 1 aromatic carbocycles. The summed E-state index contributed by atoms with van der Waals surface area (Å²) in [5, 5.41) is 15.9. The smallest absolute Gasteiger partial charge is 0.308 e. The number of aryl methyl sites for hydroxylation is 1. The van der Waals surface area contributed by atoms with Crippen LogP contribution in [0.25, 0.3) is 0 Å². The zero-order chi connectivity index (χ0) is 46.1. The number of nitrogens with two attached hydrogens (primary N) is 1. The number of nitrogens with one attached hydrogen (secondary N) is 3. The number of carboxylic acid groups (broad SMARTS) is 1. The summed E-state index contributed by atoms with van der Waals surface area (Å²) in [6.07, 6.45) is 11.5. The maximum Gasteiger partial charge on any atom is 0.308 e. The summed E-state index contributed by atoms with van der Waals surface area (Å²) in [5.74, 6) is -2.56. The van der Waals surface area contributed by atoms with Crippen molar-refractivity contribution in [2.45, 2.75) is 155 Å². The fourth-order valence-corrected chi connectivity index (χ4v) is 7.17. The molecule has 0 saturated carbocycles. The number of carbonyl (C=O) groups excluding carboxylic acids is 5. The second kappa shape index (κ2) is 24.7. The highest BCUT2D eigenvalue weighted by Gasteiger charge is 2.51. The van der Waals surface area contributed by atoms with Crippen molar-refractivity contribution in [3.05, 3.63) is 65.8 Å². The lowest BCUT2D eigenvalue weighted by atomic mass is 9.88. The molecular formula is C46H68N4O12. The largest absolute Gasteiger partial charge is 0.481 e. The van der Waals surface area contributed by atoms with Crippen molar-refractivity contribution in [1.29, 1.82) is 0 Å². The van der Waals surface area contributed by atoms with Crippen molar-refractivity contribution in [2.75, 3.05) is 19.0 Å². The van der Waals surface area contributed by atoms with E-state index in [4.69, 9.17) is 39.3 Å². The van der Waals surface area contributed by atoms with Crippen molar-refractivity contribution in [2.24, 2.45) is 17.6 Å². The number of carbonyl (C=O) groups is 6. The Morgan fingerprint density at radius 1 is 0.984 bits per heavy atom. The van der Waals surface area contributed by atoms with Crippen LogP contribution < -0.4 is 21.7 Å². The molecule has 0 radical (unpaired) electrons. The predicted octanol–water partition coefficient (Wildman–Crippen LogP) is 4.70. The van der Waals surface area contributed by atoms with E-state index in [0.717, 1.165) is 37.3 Å². The van der Waals surface area contributed by atoms with Gasteiger partial charge in [-0.3, -0.25) is 28.8 Å². The highest BCUT2D eigenvalue weighted by atomic mass is 16.6. The third-order valence-corrected chi connectivity index (χ3v) is 11.0. The minimum atomic E-state index is -0.833. The van der Waals surface area contributed by atoms with Gasteiger partial charge in [-0.05, 0) is 76.5 Å². The second-order valence-electron chi connectivity index (χ2n) is 16.9. The second-order valence-corrected chi connectivity index (χ2v) is 16.9. The Bertz CT molecular complexity index is 1790. The van der Waals surface area contributed by atoms with Gasteiger partial charge in [-0.2, -0.15) is 0 Å². The molecule has 3 fully saturated rings. The summed E-state index contributed by atoms with van der Waals surface area (Å²) >= 11 is 0. The predicted molar refractivity (Wildman–Crippen MR) is 233 cm³/mol. The fourth-order valence-electron chi connectivity index (χ4n) is 7.17. The van der Waals surface area contributed by atoms with E-state index in [1.807, 2.05) is 52.0 Å². The molecule has 3 saturated heterocycles. The lowest BCUT2D eigenvalue weighted by Crippen LogP contribution is -2.50. The Balaban J connectivity index is 0.00000245. The molecular weight excluding hydrogens is 801 g/mol. The number of benzene rings is 1. The average Bonchev–Trinajstić information content (AvgIpc) is 3.95. The molecule has 16 nitrogen and oxygen atoms in total. The number of esters is 2. The van der Waals surface area contributed by atoms with Gasteiger partial charge in [0.05, 0.1) is 62.2 Å². The first-order chi connectivity index (χ1) is 29.2. The molecule has 3 amide bonds. The van der Waals surface area contributed by atoms with Gasteiger partial charge in [0.1, 0.15) is 12.1 Å². The SMILES string of the molecule is CC(=O)O.COC(=O)C[C@@H]1C[C@@]2(CO2)C[C@@H](/C=C/C(C)=C/C[C@@H]2O[C@H](C)[C@H](NC(=O)/C=C\[C@H](C)OC(=O)CCc3ccccc3NC(=O)[C@H](C)NC(=O)[C@@H](N)C(C)C)C[C@@H]2C)O1. The van der Waals surface area contributed by atoms with Gasteiger partial charge in [0.2, 0.25) is 17.7 Å². The van der Waals surface area contributed by atoms with Crippen LogP contribution in [0.2, 0.25) is 0 Å². The van der Waals surface area contributed by atoms with Gasteiger partial charge in [0, 0.05) is 37.9 Å². The van der Waals surface area contributed by atoms with Gasteiger partial charge in [-0.25, -0.2) is 0 Å². The van der Waals surface area contributed by atoms with Crippen LogP contribution in [-0.2, 0) is 58.9 Å². The summed E-state index contributed by atoms with van der Waals surface area (Å²) in [4.78, 5) is 71.5. The Morgan fingerprint density at radius 3 is 2.31 bits per heavy atom. The highest BCUT2D eigenvalue weighted by molar-refractivity contribution is 5.98. The normalized spacial score (nSPS) is 26.1. The number of aliphatic carboxylic acids is 1. The van der Waals surface area contributed by atoms with E-state index in [1.54, 1.807) is 32.1 Å². The number of para-hydroxylation sites is 1. The number of epoxide rings is 1. The average molecular weight is 869 g/mol. The van der Waals surface area contributed by atoms with Crippen molar-refractivity contribution in [1.82, 2.24) is 10.6 Å². The van der Waals surface area contributed by atoms with E-state index < -0.39 is 41.9 Å². The van der Waals surface area contributed by atoms with Gasteiger partial charge in [0.15, 0.2) is 0 Å². The quantitative estimate of drug-likeness (QED) is 0.0584. The van der Waals surface area contributed by atoms with E-state index in [9.17, 15) is 24.0 Å². The molecule has 0 unspecified atom stereocenters. The zero-order valence-electron chi connectivity index (χ0n) is 37.6. The number of hydrogen-bond acceptors (Lipinski definition) is 12. The first-order valence-corrected chi connectivity index (χ1v) is 21.4. The number of allylic oxidation sites excluding steroid dienone is 2. The van der Waals surface area contributed by atoms with E-state index in [1.165, 1.54) is 13.2 Å². The van der Waals surface area contributed by atoms with Gasteiger partial charge in [-0.15, -0.1) is 0 Å². The van der Waals surface area contributed by atoms with Crippen LogP contribution in [0.5, 0.6) is 0 Å². The number of hydrogen-bond donors (Lipinski definition) is 5. The maximum atomic E-state index is 12.9. The van der Waals surface area contributed by atoms with Gasteiger partial charge in [0.25, 0.3) is 5.97 Å². The van der Waals surface area contributed by atoms with Gasteiger partial charge >= 0.3 is 11.9 Å². The minimum Gasteiger partial charge on any atom is -0.481 e. The number of rotatable bonds is 18. The van der Waals surface area contributed by atoms with Crippen molar-refractivity contribution in [3.63, 3.8) is 0 Å². The van der Waals surface area contributed by atoms with Crippen molar-refractivity contribution < 1.29 is 57.6 Å². The van der Waals surface area contributed by atoms with E-state index in [2.05, 4.69) is 29.0 Å². The molecule has 16 heteroatoms. The molecule has 0 aromatic heterocycles. The number of methoxy groups -OCH3 is 1. The van der Waals surface area contributed by atoms with E-state index in [0.29, 0.717) is 25.1 Å². The summed E-state index contributed by atoms with van der Waals surface area (Å²) in [5.41, 5.74) is 8.05. The standard InChI is InChI=1S/C44H64N4O10.C2H4O2/c1-26(2)41(45)43(53)46-30(6)42(52)48-35-12-10-9-11-32(35)16-20-39(50)56-29(5)15-19-38(49)47-36-21-28(4)37(57-31(36)7)18-14-27(3)13-17-33-23-44(25-55-44)24-34(58-33)22-40(51)54-8;1-2(3)4/h9-15,17,19,26,28-31,33-34,36-37,41H,16,18,20-25,45H2,1-8H3,(H,46,53)(H,47,49)(H,48,52);1H3,(H,3,4)/b17-13+,19-15-,27-14+;/t28-,29-,30-,31+,33+,34+,36+,37-,41-,44+;/m0./s1. The molecule has 1 aromatic rings. The fraction of sp³-hybridized carbons (Fsp3) is 0.609. The lowest BCUT2D eigenvalue weighted by molar-refractivity contribution is -0.147. The summed E-state index contributed by atoms with van der Waals surface area (Å²) < 4.78 is 28.6. The van der Waals surface area contributed by atoms with Crippen LogP contribution in [0.3, 0.4) is 0 Å². The molecule has 3 heterocycles. The molecule has 0 bridgehead atoms. The molecule has 62 heavy (non-hydrogen) atoms. The molecule has 3 aliphatic rings. The van der Waals surface area contributed by atoms with Crippen LogP contribution in [0.1, 0.15) is 99.5 Å². The first-order valence-electron chi connectivity index (χ1n) is 21.4. The van der Waals surface area contributed by atoms with E-state index in [-0.39, 0.29) is 72.6 Å². The topological polar surface area (TPSA) is 234 Å². The van der Waals surface area contributed by atoms with Crippen LogP contribution in [0.15, 0.2) is 60.2 Å². The van der Waals surface area contributed by atoms with E-state index >= 15 is 0 Å². The number of ether oxygens (including phenoxy) is 5. The molecule has 1 spiro atoms.